The quantitative estimate of drug-likeness (QED) is 0.696. The van der Waals surface area contributed by atoms with Crippen molar-refractivity contribution >= 4 is 0 Å². The molecule has 0 N–H and O–H groups in total. The van der Waals surface area contributed by atoms with Gasteiger partial charge < -0.3 is 0 Å². The third-order valence-corrected chi connectivity index (χ3v) is 0.854. The van der Waals surface area contributed by atoms with E-state index < -0.39 is 0 Å². The molecule has 0 aliphatic heterocycles. The van der Waals surface area contributed by atoms with Crippen LogP contribution in [-0.2, 0) is 21.1 Å². The van der Waals surface area contributed by atoms with Crippen LogP contribution in [0.2, 0.25) is 0 Å². The summed E-state index contributed by atoms with van der Waals surface area (Å²) in [5.74, 6) is 0. The molecule has 0 spiro atoms. The van der Waals surface area contributed by atoms with Gasteiger partial charge in [-0.1, -0.05) is 39.5 Å². The van der Waals surface area contributed by atoms with E-state index in [9.17, 15) is 0 Å². The number of hydrogen-bond donors (Lipinski definition) is 0. The van der Waals surface area contributed by atoms with Crippen molar-refractivity contribution in [2.45, 2.75) is 32.6 Å². The summed E-state index contributed by atoms with van der Waals surface area (Å²) in [7, 11) is 0. The first-order valence-electron chi connectivity index (χ1n) is 2.71. The fourth-order valence-corrected chi connectivity index (χ4v) is 0.427. The van der Waals surface area contributed by atoms with Gasteiger partial charge in [0.15, 0.2) is 0 Å². The van der Waals surface area contributed by atoms with Gasteiger partial charge in [-0.3, -0.25) is 0 Å². The van der Waals surface area contributed by atoms with Gasteiger partial charge in [-0.25, -0.2) is 0 Å². The van der Waals surface area contributed by atoms with Crippen molar-refractivity contribution in [3.05, 3.63) is 6.92 Å². The molecule has 1 heteroatoms. The second kappa shape index (κ2) is 9.85. The Balaban J connectivity index is 0. The van der Waals surface area contributed by atoms with Crippen molar-refractivity contribution in [3.8, 4) is 0 Å². The standard InChI is InChI=1S/C6H13.Pt/c1-3-5-6-4-2;/h1,3-6H2,2H3;. The molecule has 0 unspecified atom stereocenters. The van der Waals surface area contributed by atoms with Crippen molar-refractivity contribution in [2.24, 2.45) is 0 Å². The van der Waals surface area contributed by atoms with E-state index in [4.69, 9.17) is 0 Å². The van der Waals surface area contributed by atoms with Crippen LogP contribution < -0.4 is 0 Å². The third kappa shape index (κ3) is 10.8. The minimum absolute atomic E-state index is 0. The van der Waals surface area contributed by atoms with Gasteiger partial charge in [0, 0.05) is 21.1 Å². The first-order valence-corrected chi connectivity index (χ1v) is 2.71. The minimum Gasteiger partial charge on any atom is -0.0654 e. The maximum atomic E-state index is 3.72. The first kappa shape index (κ1) is 10.6. The number of unbranched alkanes of at least 4 members (excludes halogenated alkanes) is 3. The normalized spacial score (nSPS) is 7.71. The Bertz CT molecular complexity index is 16.1. The molecule has 47 valence electrons. The predicted molar refractivity (Wildman–Crippen MR) is 29.5 cm³/mol. The number of rotatable bonds is 3. The Morgan fingerprint density at radius 2 is 1.86 bits per heavy atom. The van der Waals surface area contributed by atoms with Crippen LogP contribution in [0.1, 0.15) is 32.6 Å². The molecule has 0 aliphatic rings. The molecule has 1 radical (unpaired) electrons. The second-order valence-electron chi connectivity index (χ2n) is 1.56. The summed E-state index contributed by atoms with van der Waals surface area (Å²) in [4.78, 5) is 0. The zero-order chi connectivity index (χ0) is 4.83. The Kier molecular flexibility index (Phi) is 15.0. The van der Waals surface area contributed by atoms with Crippen molar-refractivity contribution in [1.82, 2.24) is 0 Å². The van der Waals surface area contributed by atoms with Crippen molar-refractivity contribution in [1.29, 1.82) is 0 Å². The molecule has 0 atom stereocenters. The average Bonchev–Trinajstić information content (AvgIpc) is 1.61. The molecule has 0 amide bonds. The molecule has 7 heavy (non-hydrogen) atoms. The van der Waals surface area contributed by atoms with Crippen LogP contribution in [0.4, 0.5) is 0 Å². The van der Waals surface area contributed by atoms with E-state index in [1.807, 2.05) is 0 Å². The monoisotopic (exact) mass is 280 g/mol. The van der Waals surface area contributed by atoms with E-state index in [1.54, 1.807) is 0 Å². The zero-order valence-electron chi connectivity index (χ0n) is 4.85. The van der Waals surface area contributed by atoms with Gasteiger partial charge >= 0.3 is 0 Å². The van der Waals surface area contributed by atoms with Crippen LogP contribution in [0, 0.1) is 6.92 Å². The predicted octanol–water partition coefficient (Wildman–Crippen LogP) is 2.40. The molecular formula is C6H13Pt. The molecular weight excluding hydrogens is 267 g/mol. The maximum Gasteiger partial charge on any atom is 0 e. The van der Waals surface area contributed by atoms with E-state index in [-0.39, 0.29) is 21.1 Å². The van der Waals surface area contributed by atoms with Gasteiger partial charge in [-0.2, -0.15) is 0 Å². The van der Waals surface area contributed by atoms with E-state index in [2.05, 4.69) is 13.8 Å². The van der Waals surface area contributed by atoms with Gasteiger partial charge in [0.1, 0.15) is 0 Å². The smallest absolute Gasteiger partial charge is 0 e. The SMILES string of the molecule is [CH2]CCCCC.[Pt]. The minimum atomic E-state index is 0. The Morgan fingerprint density at radius 1 is 1.29 bits per heavy atom. The molecule has 0 saturated carbocycles. The van der Waals surface area contributed by atoms with E-state index in [1.165, 1.54) is 19.3 Å². The molecule has 0 heterocycles. The molecule has 0 aromatic heterocycles. The van der Waals surface area contributed by atoms with E-state index >= 15 is 0 Å². The first-order chi connectivity index (χ1) is 2.91. The Hall–Kier alpha value is 0.688. The molecule has 0 saturated heterocycles. The van der Waals surface area contributed by atoms with Crippen molar-refractivity contribution in [2.75, 3.05) is 0 Å². The van der Waals surface area contributed by atoms with Crippen molar-refractivity contribution in [3.63, 3.8) is 0 Å². The summed E-state index contributed by atoms with van der Waals surface area (Å²) < 4.78 is 0. The average molecular weight is 280 g/mol. The van der Waals surface area contributed by atoms with Crippen LogP contribution in [0.25, 0.3) is 0 Å². The summed E-state index contributed by atoms with van der Waals surface area (Å²) in [5, 5.41) is 0. The summed E-state index contributed by atoms with van der Waals surface area (Å²) in [6.45, 7) is 5.93. The molecule has 0 aromatic carbocycles. The largest absolute Gasteiger partial charge is 0.0654 e. The van der Waals surface area contributed by atoms with Gasteiger partial charge in [0.2, 0.25) is 0 Å². The zero-order valence-corrected chi connectivity index (χ0v) is 7.12. The molecule has 0 fully saturated rings. The Labute approximate surface area is 61.0 Å². The fraction of sp³-hybridized carbons (Fsp3) is 0.833. The molecule has 0 aromatic rings. The van der Waals surface area contributed by atoms with Gasteiger partial charge in [0.05, 0.1) is 0 Å². The summed E-state index contributed by atoms with van der Waals surface area (Å²) in [6.07, 6.45) is 5.07. The van der Waals surface area contributed by atoms with Crippen LogP contribution >= 0.6 is 0 Å². The Morgan fingerprint density at radius 3 is 2.00 bits per heavy atom. The second-order valence-corrected chi connectivity index (χ2v) is 1.56. The van der Waals surface area contributed by atoms with Gasteiger partial charge in [-0.15, -0.1) is 0 Å². The van der Waals surface area contributed by atoms with Crippen LogP contribution in [0.5, 0.6) is 0 Å². The van der Waals surface area contributed by atoms with Crippen LogP contribution in [0.3, 0.4) is 0 Å². The number of hydrogen-bond acceptors (Lipinski definition) is 0. The van der Waals surface area contributed by atoms with Crippen LogP contribution in [-0.4, -0.2) is 0 Å². The van der Waals surface area contributed by atoms with Gasteiger partial charge in [0.25, 0.3) is 0 Å². The molecule has 0 bridgehead atoms. The van der Waals surface area contributed by atoms with Gasteiger partial charge in [-0.05, 0) is 0 Å². The van der Waals surface area contributed by atoms with E-state index in [0.29, 0.717) is 0 Å². The fourth-order valence-electron chi connectivity index (χ4n) is 0.427. The van der Waals surface area contributed by atoms with Crippen molar-refractivity contribution < 1.29 is 21.1 Å². The molecule has 0 aliphatic carbocycles. The maximum absolute atomic E-state index is 3.72. The summed E-state index contributed by atoms with van der Waals surface area (Å²) in [6, 6.07) is 0. The topological polar surface area (TPSA) is 0 Å². The third-order valence-electron chi connectivity index (χ3n) is 0.854. The molecule has 0 rings (SSSR count). The van der Waals surface area contributed by atoms with E-state index in [0.717, 1.165) is 6.42 Å². The molecule has 0 nitrogen and oxygen atoms in total. The summed E-state index contributed by atoms with van der Waals surface area (Å²) >= 11 is 0. The summed E-state index contributed by atoms with van der Waals surface area (Å²) in [5.41, 5.74) is 0. The van der Waals surface area contributed by atoms with Crippen LogP contribution in [0.15, 0.2) is 0 Å².